The molecule has 2 aromatic rings. The third kappa shape index (κ3) is 4.69. The molecule has 1 atom stereocenters. The summed E-state index contributed by atoms with van der Waals surface area (Å²) in [4.78, 5) is 13.2. The molecule has 0 fully saturated rings. The predicted molar refractivity (Wildman–Crippen MR) is 126 cm³/mol. The van der Waals surface area contributed by atoms with Crippen molar-refractivity contribution in [1.82, 2.24) is 0 Å². The second-order valence-corrected chi connectivity index (χ2v) is 10.6. The topological polar surface area (TPSA) is 59.0 Å². The van der Waals surface area contributed by atoms with Gasteiger partial charge in [0.2, 0.25) is 3.79 Å². The predicted octanol–water partition coefficient (Wildman–Crippen LogP) is 6.81. The van der Waals surface area contributed by atoms with Crippen molar-refractivity contribution in [2.24, 2.45) is 0 Å². The van der Waals surface area contributed by atoms with Crippen LogP contribution in [0.2, 0.25) is 0 Å². The van der Waals surface area contributed by atoms with Gasteiger partial charge in [0.05, 0.1) is 25.9 Å². The van der Waals surface area contributed by atoms with Crippen molar-refractivity contribution in [3.8, 4) is 11.5 Å². The quantitative estimate of drug-likeness (QED) is 0.471. The molecule has 5 nitrogen and oxygen atoms in total. The van der Waals surface area contributed by atoms with Crippen molar-refractivity contribution in [3.63, 3.8) is 0 Å². The molecule has 1 heterocycles. The summed E-state index contributed by atoms with van der Waals surface area (Å²) >= 11 is 17.9. The van der Waals surface area contributed by atoms with E-state index in [4.69, 9.17) is 44.3 Å². The Bertz CT molecular complexity index is 984. The van der Waals surface area contributed by atoms with E-state index in [-0.39, 0.29) is 12.5 Å². The summed E-state index contributed by atoms with van der Waals surface area (Å²) in [5.74, 6) is 1.50. The summed E-state index contributed by atoms with van der Waals surface area (Å²) in [6.45, 7) is 8.08. The number of benzene rings is 2. The lowest BCUT2D eigenvalue weighted by Gasteiger charge is -2.29. The maximum absolute atomic E-state index is 12.1. The number of carboxylic acid groups (broad SMARTS) is 1. The van der Waals surface area contributed by atoms with E-state index >= 15 is 0 Å². The Morgan fingerprint density at radius 3 is 2.32 bits per heavy atom. The minimum atomic E-state index is -1.77. The van der Waals surface area contributed by atoms with Crippen LogP contribution in [0.25, 0.3) is 0 Å². The second kappa shape index (κ2) is 8.97. The van der Waals surface area contributed by atoms with E-state index in [0.717, 1.165) is 21.6 Å². The first-order chi connectivity index (χ1) is 14.5. The molecule has 1 amide bonds. The summed E-state index contributed by atoms with van der Waals surface area (Å²) in [5, 5.41) is 9.89. The molecule has 0 saturated carbocycles. The molecule has 31 heavy (non-hydrogen) atoms. The molecule has 8 heteroatoms. The molecular formula is C23H26Cl3NO4. The third-order valence-corrected chi connectivity index (χ3v) is 6.06. The minimum Gasteiger partial charge on any atom is -0.492 e. The fraction of sp³-hybridized carbons (Fsp3) is 0.435. The Morgan fingerprint density at radius 1 is 1.23 bits per heavy atom. The number of methoxy groups -OCH3 is 1. The summed E-state index contributed by atoms with van der Waals surface area (Å²) in [6, 6.07) is 8.43. The van der Waals surface area contributed by atoms with Crippen LogP contribution < -0.4 is 14.4 Å². The smallest absolute Gasteiger partial charge is 0.411 e. The number of alkyl halides is 3. The van der Waals surface area contributed by atoms with Crippen LogP contribution in [0.1, 0.15) is 53.5 Å². The van der Waals surface area contributed by atoms with Crippen LogP contribution in [-0.4, -0.2) is 35.3 Å². The molecule has 0 bridgehead atoms. The zero-order valence-corrected chi connectivity index (χ0v) is 20.4. The fourth-order valence-corrected chi connectivity index (χ4v) is 4.60. The standard InChI is InChI=1S/C23H26Cl3NO4/c1-12(2)15-6-8-16(9-7-15)17-10-31-21-18(17)13(3)19(14(4)20(21)30-5)27(22(28)29)11-23(24,25)26/h6-9,12,17H,10-11H2,1-5H3,(H,28,29). The van der Waals surface area contributed by atoms with Crippen LogP contribution >= 0.6 is 34.8 Å². The monoisotopic (exact) mass is 485 g/mol. The third-order valence-electron chi connectivity index (χ3n) is 5.70. The highest BCUT2D eigenvalue weighted by Crippen LogP contribution is 2.52. The molecule has 1 unspecified atom stereocenters. The van der Waals surface area contributed by atoms with E-state index in [1.54, 1.807) is 6.92 Å². The Morgan fingerprint density at radius 2 is 1.84 bits per heavy atom. The van der Waals surface area contributed by atoms with Gasteiger partial charge in [-0.2, -0.15) is 0 Å². The highest BCUT2D eigenvalue weighted by atomic mass is 35.6. The van der Waals surface area contributed by atoms with Gasteiger partial charge in [0.15, 0.2) is 11.5 Å². The van der Waals surface area contributed by atoms with Crippen molar-refractivity contribution in [3.05, 3.63) is 52.1 Å². The van der Waals surface area contributed by atoms with Crippen molar-refractivity contribution < 1.29 is 19.4 Å². The van der Waals surface area contributed by atoms with Gasteiger partial charge in [-0.3, -0.25) is 4.90 Å². The van der Waals surface area contributed by atoms with Gasteiger partial charge < -0.3 is 14.6 Å². The SMILES string of the molecule is COc1c(C)c(N(CC(Cl)(Cl)Cl)C(=O)O)c(C)c2c1OCC2c1ccc(C(C)C)cc1. The maximum Gasteiger partial charge on any atom is 0.411 e. The number of fused-ring (bicyclic) bond motifs is 1. The van der Waals surface area contributed by atoms with E-state index in [9.17, 15) is 9.90 Å². The number of halogens is 3. The molecule has 1 aliphatic rings. The van der Waals surface area contributed by atoms with Gasteiger partial charge in [-0.25, -0.2) is 4.79 Å². The van der Waals surface area contributed by atoms with E-state index in [1.165, 1.54) is 12.7 Å². The van der Waals surface area contributed by atoms with Gasteiger partial charge in [0, 0.05) is 17.0 Å². The first kappa shape index (κ1) is 23.8. The van der Waals surface area contributed by atoms with Gasteiger partial charge >= 0.3 is 6.09 Å². The van der Waals surface area contributed by atoms with Crippen LogP contribution in [-0.2, 0) is 0 Å². The molecule has 0 spiro atoms. The zero-order valence-electron chi connectivity index (χ0n) is 18.1. The van der Waals surface area contributed by atoms with Crippen molar-refractivity contribution in [2.45, 2.75) is 43.3 Å². The number of carbonyl (C=O) groups is 1. The molecule has 1 aliphatic heterocycles. The number of rotatable bonds is 5. The number of hydrogen-bond donors (Lipinski definition) is 1. The van der Waals surface area contributed by atoms with E-state index in [0.29, 0.717) is 35.3 Å². The summed E-state index contributed by atoms with van der Waals surface area (Å²) in [5.41, 5.74) is 5.06. The average Bonchev–Trinajstić information content (AvgIpc) is 3.11. The number of ether oxygens (including phenoxy) is 2. The van der Waals surface area contributed by atoms with Crippen molar-refractivity contribution in [1.29, 1.82) is 0 Å². The molecule has 3 rings (SSSR count). The highest BCUT2D eigenvalue weighted by Gasteiger charge is 2.37. The van der Waals surface area contributed by atoms with Gasteiger partial charge in [-0.15, -0.1) is 0 Å². The number of hydrogen-bond acceptors (Lipinski definition) is 3. The lowest BCUT2D eigenvalue weighted by atomic mass is 9.86. The first-order valence-electron chi connectivity index (χ1n) is 9.97. The lowest BCUT2D eigenvalue weighted by Crippen LogP contribution is -2.38. The molecule has 0 aromatic heterocycles. The van der Waals surface area contributed by atoms with Crippen molar-refractivity contribution >= 4 is 46.6 Å². The van der Waals surface area contributed by atoms with Gasteiger partial charge in [-0.05, 0) is 36.5 Å². The van der Waals surface area contributed by atoms with E-state index < -0.39 is 9.89 Å². The lowest BCUT2D eigenvalue weighted by molar-refractivity contribution is 0.202. The molecule has 0 saturated heterocycles. The van der Waals surface area contributed by atoms with Crippen LogP contribution in [0.4, 0.5) is 10.5 Å². The summed E-state index contributed by atoms with van der Waals surface area (Å²) in [7, 11) is 1.54. The molecule has 0 aliphatic carbocycles. The largest absolute Gasteiger partial charge is 0.492 e. The highest BCUT2D eigenvalue weighted by molar-refractivity contribution is 6.68. The Kier molecular flexibility index (Phi) is 6.90. The summed E-state index contributed by atoms with van der Waals surface area (Å²) < 4.78 is 9.92. The number of amides is 1. The molecule has 168 valence electrons. The van der Waals surface area contributed by atoms with Gasteiger partial charge in [-0.1, -0.05) is 72.9 Å². The Labute approximate surface area is 197 Å². The molecular weight excluding hydrogens is 461 g/mol. The number of anilines is 1. The van der Waals surface area contributed by atoms with Crippen LogP contribution in [0.15, 0.2) is 24.3 Å². The number of nitrogens with zero attached hydrogens (tertiary/aromatic N) is 1. The fourth-order valence-electron chi connectivity index (χ4n) is 4.24. The second-order valence-electron chi connectivity index (χ2n) is 8.04. The Balaban J connectivity index is 2.19. The molecule has 0 radical (unpaired) electrons. The van der Waals surface area contributed by atoms with Crippen molar-refractivity contribution in [2.75, 3.05) is 25.2 Å². The zero-order chi connectivity index (χ0) is 23.1. The molecule has 1 N–H and O–H groups in total. The van der Waals surface area contributed by atoms with Gasteiger partial charge in [0.25, 0.3) is 0 Å². The Hall–Kier alpha value is -1.82. The van der Waals surface area contributed by atoms with E-state index in [2.05, 4.69) is 38.1 Å². The minimum absolute atomic E-state index is 0.0622. The normalized spacial score (nSPS) is 15.6. The maximum atomic E-state index is 12.1. The van der Waals surface area contributed by atoms with E-state index in [1.807, 2.05) is 6.92 Å². The molecule has 2 aromatic carbocycles. The van der Waals surface area contributed by atoms with Crippen LogP contribution in [0.3, 0.4) is 0 Å². The summed E-state index contributed by atoms with van der Waals surface area (Å²) in [6.07, 6.45) is -1.21. The average molecular weight is 487 g/mol. The van der Waals surface area contributed by atoms with Gasteiger partial charge in [0.1, 0.15) is 0 Å². The first-order valence-corrected chi connectivity index (χ1v) is 11.1. The van der Waals surface area contributed by atoms with Crippen LogP contribution in [0.5, 0.6) is 11.5 Å². The van der Waals surface area contributed by atoms with Crippen LogP contribution in [0, 0.1) is 13.8 Å².